The molecule has 1 aliphatic heterocycles. The van der Waals surface area contributed by atoms with Gasteiger partial charge in [-0.05, 0) is 48.0 Å². The molecular weight excluding hydrogens is 460 g/mol. The minimum absolute atomic E-state index is 0.119. The Morgan fingerprint density at radius 3 is 2.58 bits per heavy atom. The van der Waals surface area contributed by atoms with Crippen LogP contribution in [0.2, 0.25) is 0 Å². The van der Waals surface area contributed by atoms with Crippen LogP contribution in [-0.4, -0.2) is 61.3 Å². The van der Waals surface area contributed by atoms with E-state index < -0.39 is 0 Å². The second-order valence-electron chi connectivity index (χ2n) is 8.44. The van der Waals surface area contributed by atoms with Crippen LogP contribution in [0.15, 0.2) is 76.2 Å². The van der Waals surface area contributed by atoms with Crippen LogP contribution in [0.5, 0.6) is 5.75 Å². The molecular formula is C27H28N4O5. The van der Waals surface area contributed by atoms with Gasteiger partial charge in [0, 0.05) is 49.3 Å². The van der Waals surface area contributed by atoms with Crippen LogP contribution in [0.3, 0.4) is 0 Å². The Kier molecular flexibility index (Phi) is 7.39. The van der Waals surface area contributed by atoms with Crippen molar-refractivity contribution in [1.82, 2.24) is 14.7 Å². The molecule has 2 aromatic carbocycles. The first-order valence-corrected chi connectivity index (χ1v) is 11.9. The summed E-state index contributed by atoms with van der Waals surface area (Å²) in [4.78, 5) is 19.4. The average molecular weight is 489 g/mol. The van der Waals surface area contributed by atoms with Crippen molar-refractivity contribution < 1.29 is 18.7 Å². The van der Waals surface area contributed by atoms with E-state index in [-0.39, 0.29) is 5.56 Å². The van der Waals surface area contributed by atoms with Gasteiger partial charge in [-0.1, -0.05) is 17.3 Å². The Balaban J connectivity index is 1.31. The number of morpholine rings is 1. The number of methoxy groups -OCH3 is 1. The van der Waals surface area contributed by atoms with Gasteiger partial charge in [0.15, 0.2) is 0 Å². The highest BCUT2D eigenvalue weighted by molar-refractivity contribution is 5.62. The molecule has 0 atom stereocenters. The molecule has 9 heteroatoms. The lowest BCUT2D eigenvalue weighted by molar-refractivity contribution is 0.122. The molecule has 0 bridgehead atoms. The highest BCUT2D eigenvalue weighted by Gasteiger charge is 2.14. The minimum Gasteiger partial charge on any atom is -0.491 e. The van der Waals surface area contributed by atoms with E-state index in [1.165, 1.54) is 6.07 Å². The highest BCUT2D eigenvalue weighted by Crippen LogP contribution is 2.25. The summed E-state index contributed by atoms with van der Waals surface area (Å²) in [5, 5.41) is 4.15. The Morgan fingerprint density at radius 2 is 1.78 bits per heavy atom. The first-order valence-electron chi connectivity index (χ1n) is 11.9. The van der Waals surface area contributed by atoms with Gasteiger partial charge in [0.25, 0.3) is 11.4 Å². The summed E-state index contributed by atoms with van der Waals surface area (Å²) in [6.07, 6.45) is 1.75. The van der Waals surface area contributed by atoms with Crippen molar-refractivity contribution in [2.45, 2.75) is 6.54 Å². The van der Waals surface area contributed by atoms with Gasteiger partial charge in [0.05, 0.1) is 26.4 Å². The number of rotatable bonds is 9. The molecule has 186 valence electrons. The second-order valence-corrected chi connectivity index (χ2v) is 8.44. The van der Waals surface area contributed by atoms with Gasteiger partial charge in [-0.3, -0.25) is 4.79 Å². The van der Waals surface area contributed by atoms with Crippen LogP contribution in [0.25, 0.3) is 22.8 Å². The predicted octanol–water partition coefficient (Wildman–Crippen LogP) is 3.48. The van der Waals surface area contributed by atoms with Crippen LogP contribution >= 0.6 is 0 Å². The summed E-state index contributed by atoms with van der Waals surface area (Å²) in [7, 11) is 1.63. The predicted molar refractivity (Wildman–Crippen MR) is 135 cm³/mol. The maximum Gasteiger partial charge on any atom is 0.258 e. The zero-order chi connectivity index (χ0) is 24.7. The van der Waals surface area contributed by atoms with Crippen molar-refractivity contribution in [3.8, 4) is 28.6 Å². The monoisotopic (exact) mass is 488 g/mol. The van der Waals surface area contributed by atoms with E-state index in [2.05, 4.69) is 27.2 Å². The third-order valence-electron chi connectivity index (χ3n) is 5.97. The van der Waals surface area contributed by atoms with E-state index in [0.717, 1.165) is 48.9 Å². The maximum absolute atomic E-state index is 12.5. The van der Waals surface area contributed by atoms with Crippen molar-refractivity contribution in [3.05, 3.63) is 82.8 Å². The van der Waals surface area contributed by atoms with Gasteiger partial charge in [0.2, 0.25) is 5.82 Å². The summed E-state index contributed by atoms with van der Waals surface area (Å²) >= 11 is 0. The molecule has 2 aromatic heterocycles. The fourth-order valence-electron chi connectivity index (χ4n) is 4.05. The summed E-state index contributed by atoms with van der Waals surface area (Å²) in [6, 6.07) is 18.9. The van der Waals surface area contributed by atoms with Crippen LogP contribution < -0.4 is 15.2 Å². The molecule has 0 saturated carbocycles. The number of aromatic nitrogens is 3. The van der Waals surface area contributed by atoms with Gasteiger partial charge in [-0.15, -0.1) is 0 Å². The van der Waals surface area contributed by atoms with Gasteiger partial charge < -0.3 is 28.2 Å². The first kappa shape index (κ1) is 23.8. The normalized spacial score (nSPS) is 13.6. The number of hydrogen-bond donors (Lipinski definition) is 0. The first-order chi connectivity index (χ1) is 17.7. The van der Waals surface area contributed by atoms with Gasteiger partial charge in [-0.2, -0.15) is 4.98 Å². The molecule has 1 saturated heterocycles. The van der Waals surface area contributed by atoms with Crippen molar-refractivity contribution in [2.24, 2.45) is 0 Å². The van der Waals surface area contributed by atoms with E-state index in [9.17, 15) is 4.79 Å². The SMILES string of the molecule is COCCOc1cccc(Cn2cc(-c3noc(-c4ccc(N5CCOCC5)cc4)n3)ccc2=O)c1. The maximum atomic E-state index is 12.5. The smallest absolute Gasteiger partial charge is 0.258 e. The molecule has 0 spiro atoms. The highest BCUT2D eigenvalue weighted by atomic mass is 16.5. The molecule has 0 unspecified atom stereocenters. The van der Waals surface area contributed by atoms with Crippen LogP contribution in [-0.2, 0) is 16.0 Å². The molecule has 1 aliphatic rings. The standard InChI is InChI=1S/C27H28N4O5/c1-33-15-16-35-24-4-2-3-20(17-24)18-31-19-22(7-10-25(31)32)26-28-27(36-29-26)21-5-8-23(9-6-21)30-11-13-34-14-12-30/h2-10,17,19H,11-16,18H2,1H3. The Bertz CT molecular complexity index is 1340. The van der Waals surface area contributed by atoms with Crippen LogP contribution in [0.1, 0.15) is 5.56 Å². The summed E-state index contributed by atoms with van der Waals surface area (Å²) in [5.41, 5.74) is 3.50. The van der Waals surface area contributed by atoms with Crippen LogP contribution in [0.4, 0.5) is 5.69 Å². The molecule has 0 N–H and O–H groups in total. The third kappa shape index (κ3) is 5.64. The number of hydrogen-bond acceptors (Lipinski definition) is 8. The average Bonchev–Trinajstić information content (AvgIpc) is 3.41. The van der Waals surface area contributed by atoms with E-state index in [4.69, 9.17) is 18.7 Å². The molecule has 0 aliphatic carbocycles. The van der Waals surface area contributed by atoms with Crippen molar-refractivity contribution >= 4 is 5.69 Å². The number of pyridine rings is 1. The topological polar surface area (TPSA) is 91.8 Å². The molecule has 5 rings (SSSR count). The molecule has 0 radical (unpaired) electrons. The lowest BCUT2D eigenvalue weighted by Crippen LogP contribution is -2.36. The molecule has 3 heterocycles. The van der Waals surface area contributed by atoms with E-state index in [0.29, 0.717) is 37.0 Å². The number of ether oxygens (including phenoxy) is 3. The third-order valence-corrected chi connectivity index (χ3v) is 5.97. The Morgan fingerprint density at radius 1 is 0.972 bits per heavy atom. The number of benzene rings is 2. The molecule has 4 aromatic rings. The van der Waals surface area contributed by atoms with E-state index in [1.54, 1.807) is 23.9 Å². The Hall–Kier alpha value is -3.95. The van der Waals surface area contributed by atoms with Crippen LogP contribution in [0, 0.1) is 0 Å². The fourth-order valence-corrected chi connectivity index (χ4v) is 4.05. The van der Waals surface area contributed by atoms with Gasteiger partial charge in [-0.25, -0.2) is 0 Å². The summed E-state index contributed by atoms with van der Waals surface area (Å²) in [6.45, 7) is 4.61. The minimum atomic E-state index is -0.119. The lowest BCUT2D eigenvalue weighted by atomic mass is 10.2. The largest absolute Gasteiger partial charge is 0.491 e. The molecule has 36 heavy (non-hydrogen) atoms. The van der Waals surface area contributed by atoms with E-state index in [1.807, 2.05) is 36.4 Å². The molecule has 1 fully saturated rings. The Labute approximate surface area is 208 Å². The zero-order valence-corrected chi connectivity index (χ0v) is 20.1. The van der Waals surface area contributed by atoms with E-state index >= 15 is 0 Å². The number of nitrogens with zero attached hydrogens (tertiary/aromatic N) is 4. The fraction of sp³-hybridized carbons (Fsp3) is 0.296. The summed E-state index contributed by atoms with van der Waals surface area (Å²) < 4.78 is 23.3. The van der Waals surface area contributed by atoms with Crippen molar-refractivity contribution in [3.63, 3.8) is 0 Å². The van der Waals surface area contributed by atoms with Gasteiger partial charge in [0.1, 0.15) is 12.4 Å². The van der Waals surface area contributed by atoms with Crippen molar-refractivity contribution in [2.75, 3.05) is 51.5 Å². The second kappa shape index (κ2) is 11.2. The zero-order valence-electron chi connectivity index (χ0n) is 20.1. The lowest BCUT2D eigenvalue weighted by Gasteiger charge is -2.28. The summed E-state index contributed by atoms with van der Waals surface area (Å²) in [5.74, 6) is 1.58. The van der Waals surface area contributed by atoms with Crippen molar-refractivity contribution in [1.29, 1.82) is 0 Å². The quantitative estimate of drug-likeness (QED) is 0.331. The van der Waals surface area contributed by atoms with Gasteiger partial charge >= 0.3 is 0 Å². The molecule has 9 nitrogen and oxygen atoms in total. The number of anilines is 1. The molecule has 0 amide bonds.